The van der Waals surface area contributed by atoms with E-state index in [9.17, 15) is 9.59 Å². The molecule has 2 aliphatic rings. The Bertz CT molecular complexity index is 1450. The number of fused-ring (bicyclic) bond motifs is 1. The zero-order valence-electron chi connectivity index (χ0n) is 21.1. The predicted octanol–water partition coefficient (Wildman–Crippen LogP) is 6.07. The molecule has 6 nitrogen and oxygen atoms in total. The van der Waals surface area contributed by atoms with Gasteiger partial charge in [0.25, 0.3) is 0 Å². The zero-order chi connectivity index (χ0) is 25.9. The first-order valence-electron chi connectivity index (χ1n) is 12.3. The zero-order valence-corrected chi connectivity index (χ0v) is 21.1. The van der Waals surface area contributed by atoms with Gasteiger partial charge >= 0.3 is 5.97 Å². The van der Waals surface area contributed by atoms with E-state index in [1.165, 1.54) is 6.92 Å². The van der Waals surface area contributed by atoms with Crippen LogP contribution >= 0.6 is 0 Å². The number of benzene rings is 3. The lowest BCUT2D eigenvalue weighted by molar-refractivity contribution is -0.140. The summed E-state index contributed by atoms with van der Waals surface area (Å²) in [7, 11) is 0. The molecule has 0 aromatic heterocycles. The number of hydrogen-bond donors (Lipinski definition) is 0. The van der Waals surface area contributed by atoms with Crippen molar-refractivity contribution in [1.82, 2.24) is 0 Å². The highest BCUT2D eigenvalue weighted by Gasteiger charge is 2.33. The molecule has 0 radical (unpaired) electrons. The normalized spacial score (nSPS) is 19.8. The first kappa shape index (κ1) is 24.3. The molecule has 0 aliphatic carbocycles. The average Bonchev–Trinajstić information content (AvgIpc) is 3.47. The van der Waals surface area contributed by atoms with Crippen LogP contribution in [0.4, 0.5) is 11.4 Å². The number of ketones is 1. The van der Waals surface area contributed by atoms with Crippen molar-refractivity contribution in [2.45, 2.75) is 33.2 Å². The smallest absolute Gasteiger partial charge is 0.331 e. The predicted molar refractivity (Wildman–Crippen MR) is 144 cm³/mol. The van der Waals surface area contributed by atoms with Crippen molar-refractivity contribution in [1.29, 1.82) is 0 Å². The number of oxime groups is 1. The average molecular weight is 493 g/mol. The Morgan fingerprint density at radius 2 is 1.81 bits per heavy atom. The van der Waals surface area contributed by atoms with Gasteiger partial charge in [-0.05, 0) is 67.8 Å². The minimum Gasteiger partial charge on any atom is -0.487 e. The number of carbonyl (C=O) groups is 2. The van der Waals surface area contributed by atoms with Crippen molar-refractivity contribution in [3.05, 3.63) is 119 Å². The molecule has 0 N–H and O–H groups in total. The molecule has 3 aromatic rings. The summed E-state index contributed by atoms with van der Waals surface area (Å²) < 4.78 is 5.97. The third kappa shape index (κ3) is 4.83. The highest BCUT2D eigenvalue weighted by molar-refractivity contribution is 6.10. The number of nitrogens with zero attached hydrogens (tertiary/aromatic N) is 2. The largest absolute Gasteiger partial charge is 0.487 e. The second-order valence-corrected chi connectivity index (χ2v) is 9.11. The van der Waals surface area contributed by atoms with Crippen LogP contribution in [-0.2, 0) is 20.8 Å². The highest BCUT2D eigenvalue weighted by Crippen LogP contribution is 2.40. The van der Waals surface area contributed by atoms with E-state index in [2.05, 4.69) is 28.3 Å². The summed E-state index contributed by atoms with van der Waals surface area (Å²) in [5.74, 6) is 0.247. The van der Waals surface area contributed by atoms with E-state index < -0.39 is 5.97 Å². The Hall–Kier alpha value is -4.45. The maximum Gasteiger partial charge on any atom is 0.331 e. The van der Waals surface area contributed by atoms with E-state index in [1.807, 2.05) is 80.6 Å². The lowest BCUT2D eigenvalue weighted by Gasteiger charge is -2.26. The number of rotatable bonds is 5. The van der Waals surface area contributed by atoms with Gasteiger partial charge in [0.2, 0.25) is 0 Å². The van der Waals surface area contributed by atoms with Gasteiger partial charge in [0.15, 0.2) is 5.78 Å². The molecule has 0 spiro atoms. The molecule has 0 saturated carbocycles. The van der Waals surface area contributed by atoms with E-state index in [-0.39, 0.29) is 18.4 Å². The molecule has 1 unspecified atom stereocenters. The molecule has 5 rings (SSSR count). The topological polar surface area (TPSA) is 68.2 Å². The molecule has 1 atom stereocenters. The summed E-state index contributed by atoms with van der Waals surface area (Å²) in [6.45, 7) is 5.42. The maximum absolute atomic E-state index is 13.3. The van der Waals surface area contributed by atoms with Crippen molar-refractivity contribution >= 4 is 28.8 Å². The van der Waals surface area contributed by atoms with Crippen LogP contribution in [0.3, 0.4) is 0 Å². The SMILES string of the molecule is C/C=C1C(=N/OC(C)=O)/COC/1=C/C1Cc2cc(C(=O)c3ccccc3C)ccc2N1c1ccccc1. The molecule has 2 aliphatic heterocycles. The highest BCUT2D eigenvalue weighted by atomic mass is 16.7. The number of aryl methyl sites for hydroxylation is 1. The Balaban J connectivity index is 1.51. The molecule has 37 heavy (non-hydrogen) atoms. The fourth-order valence-electron chi connectivity index (χ4n) is 4.92. The minimum absolute atomic E-state index is 0.0237. The summed E-state index contributed by atoms with van der Waals surface area (Å²) in [6, 6.07) is 23.8. The molecule has 1 saturated heterocycles. The van der Waals surface area contributed by atoms with Gasteiger partial charge in [-0.2, -0.15) is 0 Å². The van der Waals surface area contributed by atoms with Crippen LogP contribution in [0, 0.1) is 6.92 Å². The van der Waals surface area contributed by atoms with Gasteiger partial charge in [0, 0.05) is 35.0 Å². The van der Waals surface area contributed by atoms with Crippen LogP contribution in [0.15, 0.2) is 101 Å². The summed E-state index contributed by atoms with van der Waals surface area (Å²) >= 11 is 0. The third-order valence-corrected chi connectivity index (χ3v) is 6.64. The quantitative estimate of drug-likeness (QED) is 0.246. The molecular formula is C31H28N2O4. The molecule has 0 amide bonds. The molecule has 2 heterocycles. The van der Waals surface area contributed by atoms with Gasteiger partial charge in [-0.3, -0.25) is 4.79 Å². The third-order valence-electron chi connectivity index (χ3n) is 6.64. The Kier molecular flexibility index (Phi) is 6.73. The molecule has 3 aromatic carbocycles. The van der Waals surface area contributed by atoms with Crippen LogP contribution < -0.4 is 4.90 Å². The summed E-state index contributed by atoms with van der Waals surface area (Å²) in [4.78, 5) is 31.7. The van der Waals surface area contributed by atoms with Crippen molar-refractivity contribution < 1.29 is 19.2 Å². The summed E-state index contributed by atoms with van der Waals surface area (Å²) in [5.41, 5.74) is 6.95. The summed E-state index contributed by atoms with van der Waals surface area (Å²) in [6.07, 6.45) is 4.70. The first-order valence-corrected chi connectivity index (χ1v) is 12.3. The van der Waals surface area contributed by atoms with Crippen LogP contribution in [0.1, 0.15) is 40.9 Å². The fourth-order valence-corrected chi connectivity index (χ4v) is 4.92. The van der Waals surface area contributed by atoms with E-state index in [0.29, 0.717) is 23.5 Å². The van der Waals surface area contributed by atoms with Crippen molar-refractivity contribution in [2.75, 3.05) is 11.5 Å². The number of allylic oxidation sites excluding steroid dienone is 2. The Morgan fingerprint density at radius 1 is 1.05 bits per heavy atom. The number of para-hydroxylation sites is 1. The van der Waals surface area contributed by atoms with Crippen LogP contribution in [0.2, 0.25) is 0 Å². The van der Waals surface area contributed by atoms with Crippen molar-refractivity contribution in [3.8, 4) is 0 Å². The van der Waals surface area contributed by atoms with E-state index in [4.69, 9.17) is 9.57 Å². The van der Waals surface area contributed by atoms with Gasteiger partial charge in [0.05, 0.1) is 6.04 Å². The molecule has 6 heteroatoms. The van der Waals surface area contributed by atoms with Gasteiger partial charge < -0.3 is 14.5 Å². The fraction of sp³-hybridized carbons (Fsp3) is 0.194. The number of anilines is 2. The minimum atomic E-state index is -0.474. The monoisotopic (exact) mass is 492 g/mol. The van der Waals surface area contributed by atoms with E-state index >= 15 is 0 Å². The lowest BCUT2D eigenvalue weighted by atomic mass is 9.97. The van der Waals surface area contributed by atoms with Gasteiger partial charge in [-0.1, -0.05) is 53.7 Å². The molecular weight excluding hydrogens is 464 g/mol. The Morgan fingerprint density at radius 3 is 2.54 bits per heavy atom. The molecule has 1 fully saturated rings. The maximum atomic E-state index is 13.3. The standard InChI is InChI=1S/C31H28N2O4/c1-4-26-28(32-37-21(3)34)19-36-30(26)18-25-17-23-16-22(31(35)27-13-9-8-10-20(27)2)14-15-29(23)33(25)24-11-6-5-7-12-24/h4-16,18,25H,17,19H2,1-3H3/b26-4-,30-18+,32-28+. The Labute approximate surface area is 216 Å². The van der Waals surface area contributed by atoms with Crippen molar-refractivity contribution in [3.63, 3.8) is 0 Å². The van der Waals surface area contributed by atoms with Crippen LogP contribution in [0.25, 0.3) is 0 Å². The first-order chi connectivity index (χ1) is 18.0. The lowest BCUT2D eigenvalue weighted by Crippen LogP contribution is -2.25. The molecule has 0 bridgehead atoms. The number of carbonyl (C=O) groups excluding carboxylic acids is 2. The summed E-state index contributed by atoms with van der Waals surface area (Å²) in [5, 5.41) is 3.97. The van der Waals surface area contributed by atoms with Gasteiger partial charge in [-0.25, -0.2) is 4.79 Å². The number of hydrogen-bond acceptors (Lipinski definition) is 6. The van der Waals surface area contributed by atoms with E-state index in [1.54, 1.807) is 0 Å². The molecule has 186 valence electrons. The number of ether oxygens (including phenoxy) is 1. The second kappa shape index (κ2) is 10.3. The second-order valence-electron chi connectivity index (χ2n) is 9.11. The van der Waals surface area contributed by atoms with Gasteiger partial charge in [-0.15, -0.1) is 0 Å². The van der Waals surface area contributed by atoms with Crippen molar-refractivity contribution in [2.24, 2.45) is 5.16 Å². The van der Waals surface area contributed by atoms with Crippen LogP contribution in [0.5, 0.6) is 0 Å². The van der Waals surface area contributed by atoms with E-state index in [0.717, 1.165) is 33.6 Å². The van der Waals surface area contributed by atoms with Crippen LogP contribution in [-0.4, -0.2) is 30.1 Å². The van der Waals surface area contributed by atoms with Gasteiger partial charge in [0.1, 0.15) is 18.1 Å².